The van der Waals surface area contributed by atoms with E-state index in [0.29, 0.717) is 19.6 Å². The number of carbonyl (C=O) groups is 2. The summed E-state index contributed by atoms with van der Waals surface area (Å²) < 4.78 is 5.93. The third kappa shape index (κ3) is 3.88. The highest BCUT2D eigenvalue weighted by Crippen LogP contribution is 2.39. The molecule has 0 saturated carbocycles. The van der Waals surface area contributed by atoms with Crippen LogP contribution < -0.4 is 15.0 Å². The molecule has 0 spiro atoms. The second-order valence-electron chi connectivity index (χ2n) is 7.85. The van der Waals surface area contributed by atoms with E-state index in [1.807, 2.05) is 44.2 Å². The predicted octanol–water partition coefficient (Wildman–Crippen LogP) is 4.45. The van der Waals surface area contributed by atoms with Crippen LogP contribution in [-0.4, -0.2) is 25.0 Å². The third-order valence-electron chi connectivity index (χ3n) is 5.43. The van der Waals surface area contributed by atoms with E-state index < -0.39 is 6.04 Å². The lowest BCUT2D eigenvalue weighted by atomic mass is 10.0. The Morgan fingerprint density at radius 2 is 1.83 bits per heavy atom. The van der Waals surface area contributed by atoms with Gasteiger partial charge in [0, 0.05) is 19.0 Å². The lowest BCUT2D eigenvalue weighted by Crippen LogP contribution is -2.37. The minimum Gasteiger partial charge on any atom is -0.494 e. The fraction of sp³-hybridized carbons (Fsp3) is 0.280. The molecular formula is C25H26N2O3. The van der Waals surface area contributed by atoms with Crippen LogP contribution in [0, 0.1) is 13.8 Å². The first kappa shape index (κ1) is 20.0. The summed E-state index contributed by atoms with van der Waals surface area (Å²) in [5.74, 6) is 0.532. The highest BCUT2D eigenvalue weighted by molar-refractivity contribution is 6.07. The zero-order valence-electron chi connectivity index (χ0n) is 17.6. The van der Waals surface area contributed by atoms with E-state index in [4.69, 9.17) is 4.74 Å². The largest absolute Gasteiger partial charge is 0.494 e. The van der Waals surface area contributed by atoms with E-state index in [0.717, 1.165) is 33.5 Å². The molecular weight excluding hydrogens is 376 g/mol. The van der Waals surface area contributed by atoms with E-state index in [1.165, 1.54) is 12.3 Å². The highest BCUT2D eigenvalue weighted by atomic mass is 16.5. The molecule has 5 nitrogen and oxygen atoms in total. The molecule has 3 aromatic carbocycles. The van der Waals surface area contributed by atoms with E-state index in [9.17, 15) is 9.59 Å². The maximum atomic E-state index is 13.0. The van der Waals surface area contributed by atoms with E-state index >= 15 is 0 Å². The zero-order valence-corrected chi connectivity index (χ0v) is 17.6. The van der Waals surface area contributed by atoms with Crippen molar-refractivity contribution in [3.63, 3.8) is 0 Å². The van der Waals surface area contributed by atoms with Gasteiger partial charge in [0.25, 0.3) is 5.91 Å². The number of rotatable bonds is 6. The van der Waals surface area contributed by atoms with Gasteiger partial charge in [0.15, 0.2) is 0 Å². The summed E-state index contributed by atoms with van der Waals surface area (Å²) in [5.41, 5.74) is 3.91. The highest BCUT2D eigenvalue weighted by Gasteiger charge is 2.38. The smallest absolute Gasteiger partial charge is 0.254 e. The molecule has 0 fully saturated rings. The van der Waals surface area contributed by atoms with E-state index in [-0.39, 0.29) is 11.8 Å². The van der Waals surface area contributed by atoms with Gasteiger partial charge in [0.2, 0.25) is 5.91 Å². The van der Waals surface area contributed by atoms with E-state index in [2.05, 4.69) is 29.6 Å². The molecule has 0 bridgehead atoms. The van der Waals surface area contributed by atoms with Crippen LogP contribution in [-0.2, 0) is 9.59 Å². The predicted molar refractivity (Wildman–Crippen MR) is 119 cm³/mol. The zero-order chi connectivity index (χ0) is 21.3. The number of nitrogens with one attached hydrogen (secondary N) is 1. The number of amides is 2. The van der Waals surface area contributed by atoms with Crippen molar-refractivity contribution in [3.8, 4) is 5.75 Å². The van der Waals surface area contributed by atoms with Gasteiger partial charge < -0.3 is 15.0 Å². The second kappa shape index (κ2) is 8.19. The first-order valence-corrected chi connectivity index (χ1v) is 10.3. The average Bonchev–Trinajstić information content (AvgIpc) is 2.96. The number of carbonyl (C=O) groups excluding carboxylic acids is 2. The van der Waals surface area contributed by atoms with Gasteiger partial charge in [0.1, 0.15) is 11.8 Å². The Balaban J connectivity index is 1.45. The lowest BCUT2D eigenvalue weighted by Gasteiger charge is -2.20. The van der Waals surface area contributed by atoms with Gasteiger partial charge in [-0.05, 0) is 48.7 Å². The molecule has 4 rings (SSSR count). The molecule has 154 valence electrons. The molecule has 0 unspecified atom stereocenters. The average molecular weight is 402 g/mol. The Hall–Kier alpha value is -3.34. The third-order valence-corrected chi connectivity index (χ3v) is 5.43. The monoisotopic (exact) mass is 402 g/mol. The molecule has 1 N–H and O–H groups in total. The lowest BCUT2D eigenvalue weighted by molar-refractivity contribution is -0.126. The number of ether oxygens (including phenoxy) is 1. The van der Waals surface area contributed by atoms with Crippen molar-refractivity contribution in [2.24, 2.45) is 0 Å². The van der Waals surface area contributed by atoms with Gasteiger partial charge in [-0.2, -0.15) is 0 Å². The number of anilines is 1. The van der Waals surface area contributed by atoms with Crippen molar-refractivity contribution in [2.45, 2.75) is 33.2 Å². The fourth-order valence-electron chi connectivity index (χ4n) is 4.22. The van der Waals surface area contributed by atoms with Gasteiger partial charge in [-0.1, -0.05) is 48.0 Å². The molecule has 0 saturated heterocycles. The number of hydrogen-bond acceptors (Lipinski definition) is 3. The standard InChI is InChI=1S/C25H26N2O3/c1-16-13-17(2)24-22(14-16)23(26-18(3)28)25(29)27(24)11-6-12-30-21-10-9-19-7-4-5-8-20(19)15-21/h4-5,7-10,13-15,23H,6,11-12H2,1-3H3,(H,26,28)/t23-/m1/s1. The molecule has 2 amide bonds. The summed E-state index contributed by atoms with van der Waals surface area (Å²) in [4.78, 5) is 26.5. The van der Waals surface area contributed by atoms with Gasteiger partial charge in [-0.3, -0.25) is 9.59 Å². The number of benzene rings is 3. The summed E-state index contributed by atoms with van der Waals surface area (Å²) in [5, 5.41) is 5.13. The Kier molecular flexibility index (Phi) is 5.44. The van der Waals surface area contributed by atoms with Gasteiger partial charge in [-0.15, -0.1) is 0 Å². The maximum Gasteiger partial charge on any atom is 0.254 e. The van der Waals surface area contributed by atoms with Crippen LogP contribution in [0.4, 0.5) is 5.69 Å². The van der Waals surface area contributed by atoms with Crippen molar-refractivity contribution in [3.05, 3.63) is 71.3 Å². The molecule has 1 heterocycles. The first-order valence-electron chi connectivity index (χ1n) is 10.3. The van der Waals surface area contributed by atoms with Crippen molar-refractivity contribution in [1.82, 2.24) is 5.32 Å². The fourth-order valence-corrected chi connectivity index (χ4v) is 4.22. The number of aryl methyl sites for hydroxylation is 2. The van der Waals surface area contributed by atoms with Gasteiger partial charge in [0.05, 0.1) is 12.3 Å². The number of hydrogen-bond donors (Lipinski definition) is 1. The Morgan fingerprint density at radius 3 is 2.60 bits per heavy atom. The van der Waals surface area contributed by atoms with Crippen LogP contribution in [0.2, 0.25) is 0 Å². The van der Waals surface area contributed by atoms with Crippen molar-refractivity contribution in [1.29, 1.82) is 0 Å². The topological polar surface area (TPSA) is 58.6 Å². The Bertz CT molecular complexity index is 1120. The Morgan fingerprint density at radius 1 is 1.07 bits per heavy atom. The molecule has 1 aliphatic rings. The van der Waals surface area contributed by atoms with Crippen LogP contribution in [0.25, 0.3) is 10.8 Å². The second-order valence-corrected chi connectivity index (χ2v) is 7.85. The number of nitrogens with zero attached hydrogens (tertiary/aromatic N) is 1. The van der Waals surface area contributed by atoms with E-state index in [1.54, 1.807) is 4.90 Å². The molecule has 0 aliphatic carbocycles. The van der Waals surface area contributed by atoms with Crippen LogP contribution in [0.5, 0.6) is 5.75 Å². The SMILES string of the molecule is CC(=O)N[C@H]1C(=O)N(CCCOc2ccc3ccccc3c2)c2c(C)cc(C)cc21. The summed E-state index contributed by atoms with van der Waals surface area (Å²) >= 11 is 0. The normalized spacial score (nSPS) is 15.4. The van der Waals surface area contributed by atoms with Crippen LogP contribution in [0.3, 0.4) is 0 Å². The minimum absolute atomic E-state index is 0.0837. The Labute approximate surface area is 176 Å². The summed E-state index contributed by atoms with van der Waals surface area (Å²) in [7, 11) is 0. The maximum absolute atomic E-state index is 13.0. The van der Waals surface area contributed by atoms with Crippen molar-refractivity contribution >= 4 is 28.3 Å². The molecule has 0 aromatic heterocycles. The van der Waals surface area contributed by atoms with Crippen molar-refractivity contribution in [2.75, 3.05) is 18.1 Å². The summed E-state index contributed by atoms with van der Waals surface area (Å²) in [6.45, 7) is 6.50. The van der Waals surface area contributed by atoms with Gasteiger partial charge in [-0.25, -0.2) is 0 Å². The summed E-state index contributed by atoms with van der Waals surface area (Å²) in [6.07, 6.45) is 0.693. The summed E-state index contributed by atoms with van der Waals surface area (Å²) in [6, 6.07) is 17.7. The van der Waals surface area contributed by atoms with Gasteiger partial charge >= 0.3 is 0 Å². The van der Waals surface area contributed by atoms with Crippen molar-refractivity contribution < 1.29 is 14.3 Å². The molecule has 5 heteroatoms. The van der Waals surface area contributed by atoms with Crippen LogP contribution >= 0.6 is 0 Å². The molecule has 1 atom stereocenters. The molecule has 0 radical (unpaired) electrons. The quantitative estimate of drug-likeness (QED) is 0.620. The molecule has 1 aliphatic heterocycles. The molecule has 30 heavy (non-hydrogen) atoms. The van der Waals surface area contributed by atoms with Crippen LogP contribution in [0.15, 0.2) is 54.6 Å². The number of fused-ring (bicyclic) bond motifs is 2. The first-order chi connectivity index (χ1) is 14.4. The molecule has 3 aromatic rings. The van der Waals surface area contributed by atoms with Crippen LogP contribution in [0.1, 0.15) is 36.1 Å². The minimum atomic E-state index is -0.613.